The minimum Gasteiger partial charge on any atom is -0.368 e. The van der Waals surface area contributed by atoms with E-state index in [2.05, 4.69) is 15.3 Å². The molecule has 0 spiro atoms. The zero-order valence-corrected chi connectivity index (χ0v) is 25.2. The molecule has 2 aromatic carbocycles. The topological polar surface area (TPSA) is 142 Å². The Labute approximate surface area is 253 Å². The van der Waals surface area contributed by atoms with E-state index in [0.717, 1.165) is 10.9 Å². The standard InChI is InChI=1S/C29H34F3N7O4S/c1-18(2)25(26(33)40)36-27-22-5-3-4-6-23(22)34-24(35-27)17-37-11-13-39(14-12-37)44(42,43)21-8-7-19-9-10-38(16-20(19)15-21)28(41)29(30,31)32/h3-8,15,18,25H,9-14,16-17H2,1-2H3,(H2,33,40)(H,34,35,36)/t25-/m0/s1. The van der Waals surface area contributed by atoms with E-state index in [9.17, 15) is 31.2 Å². The molecule has 1 atom stereocenters. The number of aromatic nitrogens is 2. The van der Waals surface area contributed by atoms with Gasteiger partial charge in [0, 0.05) is 44.7 Å². The van der Waals surface area contributed by atoms with Gasteiger partial charge < -0.3 is 16.0 Å². The molecule has 3 N–H and O–H groups in total. The number of primary amides is 1. The van der Waals surface area contributed by atoms with E-state index in [1.54, 1.807) is 6.07 Å². The van der Waals surface area contributed by atoms with Gasteiger partial charge in [0.1, 0.15) is 17.7 Å². The lowest BCUT2D eigenvalue weighted by Crippen LogP contribution is -2.48. The first kappa shape index (κ1) is 31.6. The van der Waals surface area contributed by atoms with E-state index >= 15 is 0 Å². The zero-order valence-electron chi connectivity index (χ0n) is 24.3. The Morgan fingerprint density at radius 2 is 1.70 bits per heavy atom. The van der Waals surface area contributed by atoms with Crippen molar-refractivity contribution in [2.24, 2.45) is 11.7 Å². The molecule has 2 aliphatic rings. The number of nitrogens with two attached hydrogens (primary N) is 1. The third kappa shape index (κ3) is 6.64. The number of rotatable bonds is 8. The molecule has 2 amide bonds. The van der Waals surface area contributed by atoms with Crippen LogP contribution < -0.4 is 11.1 Å². The fourth-order valence-corrected chi connectivity index (χ4v) is 7.02. The van der Waals surface area contributed by atoms with E-state index < -0.39 is 34.1 Å². The highest BCUT2D eigenvalue weighted by molar-refractivity contribution is 7.89. The monoisotopic (exact) mass is 633 g/mol. The zero-order chi connectivity index (χ0) is 31.8. The maximum absolute atomic E-state index is 13.5. The summed E-state index contributed by atoms with van der Waals surface area (Å²) in [5.74, 6) is -1.50. The number of hydrogen-bond donors (Lipinski definition) is 2. The van der Waals surface area contributed by atoms with Crippen LogP contribution in [-0.2, 0) is 39.1 Å². The Morgan fingerprint density at radius 3 is 2.36 bits per heavy atom. The van der Waals surface area contributed by atoms with Crippen molar-refractivity contribution in [1.82, 2.24) is 24.1 Å². The molecule has 1 aromatic heterocycles. The predicted octanol–water partition coefficient (Wildman–Crippen LogP) is 2.51. The molecule has 15 heteroatoms. The van der Waals surface area contributed by atoms with E-state index in [0.29, 0.717) is 47.3 Å². The third-order valence-corrected chi connectivity index (χ3v) is 9.86. The number of anilines is 1. The van der Waals surface area contributed by atoms with Crippen LogP contribution in [-0.4, -0.2) is 89.2 Å². The van der Waals surface area contributed by atoms with Crippen LogP contribution in [0.4, 0.5) is 19.0 Å². The quantitative estimate of drug-likeness (QED) is 0.386. The average molecular weight is 634 g/mol. The number of halogens is 3. The molecular weight excluding hydrogens is 599 g/mol. The number of hydrogen-bond acceptors (Lipinski definition) is 8. The van der Waals surface area contributed by atoms with Gasteiger partial charge in [0.25, 0.3) is 0 Å². The van der Waals surface area contributed by atoms with E-state index in [4.69, 9.17) is 5.73 Å². The van der Waals surface area contributed by atoms with E-state index in [-0.39, 0.29) is 43.4 Å². The second-order valence-corrected chi connectivity index (χ2v) is 13.3. The second-order valence-electron chi connectivity index (χ2n) is 11.4. The third-order valence-electron chi connectivity index (χ3n) is 7.97. The van der Waals surface area contributed by atoms with Gasteiger partial charge in [0.2, 0.25) is 15.9 Å². The second kappa shape index (κ2) is 12.3. The van der Waals surface area contributed by atoms with Crippen molar-refractivity contribution in [3.8, 4) is 0 Å². The SMILES string of the molecule is CC(C)[C@H](Nc1nc(CN2CCN(S(=O)(=O)c3ccc4c(c3)CN(C(=O)C(F)(F)F)CC4)CC2)nc2ccccc12)C(N)=O. The number of alkyl halides is 3. The lowest BCUT2D eigenvalue weighted by Gasteiger charge is -2.34. The molecule has 0 unspecified atom stereocenters. The highest BCUT2D eigenvalue weighted by Gasteiger charge is 2.43. The van der Waals surface area contributed by atoms with Crippen LogP contribution in [0.5, 0.6) is 0 Å². The molecule has 1 fully saturated rings. The fraction of sp³-hybridized carbons (Fsp3) is 0.448. The van der Waals surface area contributed by atoms with Crippen LogP contribution in [0.3, 0.4) is 0 Å². The van der Waals surface area contributed by atoms with Gasteiger partial charge in [0.05, 0.1) is 17.0 Å². The molecule has 11 nitrogen and oxygen atoms in total. The van der Waals surface area contributed by atoms with Gasteiger partial charge in [-0.3, -0.25) is 14.5 Å². The minimum atomic E-state index is -4.99. The van der Waals surface area contributed by atoms with Gasteiger partial charge >= 0.3 is 12.1 Å². The highest BCUT2D eigenvalue weighted by Crippen LogP contribution is 2.28. The summed E-state index contributed by atoms with van der Waals surface area (Å²) < 4.78 is 67.2. The van der Waals surface area contributed by atoms with Crippen LogP contribution in [0.15, 0.2) is 47.4 Å². The first-order chi connectivity index (χ1) is 20.7. The van der Waals surface area contributed by atoms with Crippen molar-refractivity contribution in [2.45, 2.75) is 50.5 Å². The number of para-hydroxylation sites is 1. The molecule has 3 aromatic rings. The average Bonchev–Trinajstić information content (AvgIpc) is 2.98. The Balaban J connectivity index is 1.28. The van der Waals surface area contributed by atoms with Gasteiger partial charge in [-0.1, -0.05) is 32.0 Å². The predicted molar refractivity (Wildman–Crippen MR) is 157 cm³/mol. The fourth-order valence-electron chi connectivity index (χ4n) is 5.54. The molecule has 2 aliphatic heterocycles. The van der Waals surface area contributed by atoms with Crippen molar-refractivity contribution < 1.29 is 31.2 Å². The number of carbonyl (C=O) groups excluding carboxylic acids is 2. The van der Waals surface area contributed by atoms with Crippen LogP contribution in [0.2, 0.25) is 0 Å². The number of piperazine rings is 1. The van der Waals surface area contributed by atoms with Gasteiger partial charge in [0.15, 0.2) is 0 Å². The number of nitrogens with zero attached hydrogens (tertiary/aromatic N) is 5. The summed E-state index contributed by atoms with van der Waals surface area (Å²) in [5.41, 5.74) is 7.41. The van der Waals surface area contributed by atoms with Crippen molar-refractivity contribution in [3.63, 3.8) is 0 Å². The molecule has 0 radical (unpaired) electrons. The van der Waals surface area contributed by atoms with Crippen LogP contribution in [0.25, 0.3) is 10.9 Å². The Morgan fingerprint density at radius 1 is 1.00 bits per heavy atom. The molecule has 44 heavy (non-hydrogen) atoms. The molecule has 5 rings (SSSR count). The van der Waals surface area contributed by atoms with E-state index in [1.165, 1.54) is 16.4 Å². The number of amides is 2. The summed E-state index contributed by atoms with van der Waals surface area (Å²) in [4.78, 5) is 35.9. The van der Waals surface area contributed by atoms with Crippen LogP contribution >= 0.6 is 0 Å². The number of fused-ring (bicyclic) bond motifs is 2. The van der Waals surface area contributed by atoms with Crippen molar-refractivity contribution in [3.05, 3.63) is 59.4 Å². The summed E-state index contributed by atoms with van der Waals surface area (Å²) >= 11 is 0. The number of carbonyl (C=O) groups is 2. The van der Waals surface area contributed by atoms with Gasteiger partial charge in [-0.2, -0.15) is 17.5 Å². The maximum atomic E-state index is 13.5. The van der Waals surface area contributed by atoms with Crippen LogP contribution in [0.1, 0.15) is 30.8 Å². The molecule has 236 valence electrons. The molecule has 1 saturated heterocycles. The summed E-state index contributed by atoms with van der Waals surface area (Å²) in [5, 5.41) is 3.92. The molecular formula is C29H34F3N7O4S. The Kier molecular flexibility index (Phi) is 8.82. The Bertz CT molecular complexity index is 1680. The summed E-state index contributed by atoms with van der Waals surface area (Å²) in [6.07, 6.45) is -4.78. The van der Waals surface area contributed by atoms with Gasteiger partial charge in [-0.05, 0) is 47.7 Å². The van der Waals surface area contributed by atoms with Crippen molar-refractivity contribution in [2.75, 3.05) is 38.0 Å². The van der Waals surface area contributed by atoms with E-state index in [1.807, 2.05) is 43.0 Å². The summed E-state index contributed by atoms with van der Waals surface area (Å²) in [6, 6.07) is 11.2. The minimum absolute atomic E-state index is 0.0197. The molecule has 0 bridgehead atoms. The number of benzene rings is 2. The lowest BCUT2D eigenvalue weighted by molar-refractivity contribution is -0.186. The molecule has 3 heterocycles. The maximum Gasteiger partial charge on any atom is 0.471 e. The lowest BCUT2D eigenvalue weighted by atomic mass is 10.00. The summed E-state index contributed by atoms with van der Waals surface area (Å²) in [7, 11) is -3.93. The summed E-state index contributed by atoms with van der Waals surface area (Å²) in [6.45, 7) is 4.90. The highest BCUT2D eigenvalue weighted by atomic mass is 32.2. The Hall–Kier alpha value is -3.82. The van der Waals surface area contributed by atoms with Crippen molar-refractivity contribution in [1.29, 1.82) is 0 Å². The first-order valence-electron chi connectivity index (χ1n) is 14.3. The largest absolute Gasteiger partial charge is 0.471 e. The van der Waals surface area contributed by atoms with Gasteiger partial charge in [-0.15, -0.1) is 0 Å². The normalized spacial score (nSPS) is 17.5. The molecule has 0 aliphatic carbocycles. The van der Waals surface area contributed by atoms with Crippen molar-refractivity contribution >= 4 is 38.6 Å². The number of nitrogens with one attached hydrogen (secondary N) is 1. The molecule has 0 saturated carbocycles. The number of sulfonamides is 1. The first-order valence-corrected chi connectivity index (χ1v) is 15.7. The van der Waals surface area contributed by atoms with Gasteiger partial charge in [-0.25, -0.2) is 18.4 Å². The van der Waals surface area contributed by atoms with Crippen LogP contribution in [0, 0.1) is 5.92 Å². The smallest absolute Gasteiger partial charge is 0.368 e.